The summed E-state index contributed by atoms with van der Waals surface area (Å²) in [4.78, 5) is 0. The molecule has 74 valence electrons. The number of hydrogen-bond acceptors (Lipinski definition) is 0. The van der Waals surface area contributed by atoms with Gasteiger partial charge in [-0.3, -0.25) is 0 Å². The summed E-state index contributed by atoms with van der Waals surface area (Å²) in [6, 6.07) is 0. The summed E-state index contributed by atoms with van der Waals surface area (Å²) in [6.45, 7) is 4.25. The number of allylic oxidation sites excluding steroid dienone is 6. The lowest BCUT2D eigenvalue weighted by Crippen LogP contribution is -1.69. The zero-order chi connectivity index (χ0) is 9.78. The van der Waals surface area contributed by atoms with E-state index >= 15 is 0 Å². The van der Waals surface area contributed by atoms with Gasteiger partial charge in [0.1, 0.15) is 0 Å². The average molecular weight is 178 g/mol. The molecule has 13 heavy (non-hydrogen) atoms. The van der Waals surface area contributed by atoms with Crippen molar-refractivity contribution >= 4 is 0 Å². The Morgan fingerprint density at radius 3 is 2.23 bits per heavy atom. The van der Waals surface area contributed by atoms with Gasteiger partial charge in [-0.25, -0.2) is 0 Å². The van der Waals surface area contributed by atoms with E-state index in [4.69, 9.17) is 0 Å². The van der Waals surface area contributed by atoms with Crippen molar-refractivity contribution in [3.05, 3.63) is 36.5 Å². The minimum absolute atomic E-state index is 1.20. The molecule has 0 saturated heterocycles. The van der Waals surface area contributed by atoms with Gasteiger partial charge in [-0.05, 0) is 32.6 Å². The maximum absolute atomic E-state index is 2.30. The average Bonchev–Trinajstić information content (AvgIpc) is 2.16. The zero-order valence-electron chi connectivity index (χ0n) is 9.00. The Hall–Kier alpha value is -0.780. The highest BCUT2D eigenvalue weighted by Crippen LogP contribution is 1.99. The van der Waals surface area contributed by atoms with Gasteiger partial charge in [0.25, 0.3) is 0 Å². The van der Waals surface area contributed by atoms with Crippen molar-refractivity contribution in [2.45, 2.75) is 46.0 Å². The van der Waals surface area contributed by atoms with Gasteiger partial charge in [-0.2, -0.15) is 0 Å². The Morgan fingerprint density at radius 1 is 0.846 bits per heavy atom. The van der Waals surface area contributed by atoms with Gasteiger partial charge in [0, 0.05) is 0 Å². The Morgan fingerprint density at radius 2 is 1.54 bits per heavy atom. The second kappa shape index (κ2) is 11.2. The van der Waals surface area contributed by atoms with Crippen LogP contribution in [0.3, 0.4) is 0 Å². The van der Waals surface area contributed by atoms with Crippen molar-refractivity contribution < 1.29 is 0 Å². The summed E-state index contributed by atoms with van der Waals surface area (Å²) in [6.07, 6.45) is 19.2. The van der Waals surface area contributed by atoms with Crippen molar-refractivity contribution in [2.75, 3.05) is 0 Å². The summed E-state index contributed by atoms with van der Waals surface area (Å²) in [5.41, 5.74) is 0. The first-order valence-electron chi connectivity index (χ1n) is 5.34. The summed E-state index contributed by atoms with van der Waals surface area (Å²) in [7, 11) is 0. The minimum Gasteiger partial charge on any atom is -0.0885 e. The van der Waals surface area contributed by atoms with E-state index < -0.39 is 0 Å². The molecule has 0 rings (SSSR count). The topological polar surface area (TPSA) is 0 Å². The molecule has 0 heterocycles. The minimum atomic E-state index is 1.20. The molecule has 0 aromatic carbocycles. The van der Waals surface area contributed by atoms with Gasteiger partial charge >= 0.3 is 0 Å². The molecule has 0 N–H and O–H groups in total. The Labute approximate surface area is 83.0 Å². The van der Waals surface area contributed by atoms with Crippen molar-refractivity contribution in [1.29, 1.82) is 0 Å². The third-order valence-corrected chi connectivity index (χ3v) is 1.80. The fourth-order valence-electron chi connectivity index (χ4n) is 1.04. The number of rotatable bonds is 7. The molecule has 0 spiro atoms. The monoisotopic (exact) mass is 178 g/mol. The van der Waals surface area contributed by atoms with E-state index in [0.29, 0.717) is 0 Å². The van der Waals surface area contributed by atoms with Crippen LogP contribution in [-0.4, -0.2) is 0 Å². The molecular formula is C13H22. The quantitative estimate of drug-likeness (QED) is 0.302. The first-order chi connectivity index (χ1) is 6.41. The standard InChI is InChI=1S/C13H22/c1-3-5-7-9-11-13-12-10-8-6-4-2/h3,5,7-10H,4,6,11-13H2,1-2H3/b5-3+,9-7+,10-8+. The first kappa shape index (κ1) is 12.2. The van der Waals surface area contributed by atoms with E-state index in [1.807, 2.05) is 6.92 Å². The second-order valence-corrected chi connectivity index (χ2v) is 3.14. The van der Waals surface area contributed by atoms with E-state index in [2.05, 4.69) is 43.4 Å². The van der Waals surface area contributed by atoms with E-state index in [0.717, 1.165) is 0 Å². The molecule has 0 atom stereocenters. The van der Waals surface area contributed by atoms with E-state index in [1.54, 1.807) is 0 Å². The van der Waals surface area contributed by atoms with E-state index in [1.165, 1.54) is 32.1 Å². The summed E-state index contributed by atoms with van der Waals surface area (Å²) >= 11 is 0. The van der Waals surface area contributed by atoms with Gasteiger partial charge in [0.05, 0.1) is 0 Å². The second-order valence-electron chi connectivity index (χ2n) is 3.14. The highest BCUT2D eigenvalue weighted by atomic mass is 13.9. The van der Waals surface area contributed by atoms with Crippen LogP contribution < -0.4 is 0 Å². The fourth-order valence-corrected chi connectivity index (χ4v) is 1.04. The number of unbranched alkanes of at least 4 members (excludes halogenated alkanes) is 3. The van der Waals surface area contributed by atoms with Crippen LogP contribution in [0.25, 0.3) is 0 Å². The third kappa shape index (κ3) is 11.2. The smallest absolute Gasteiger partial charge is 0.0345 e. The van der Waals surface area contributed by atoms with Crippen LogP contribution in [0.4, 0.5) is 0 Å². The molecule has 0 unspecified atom stereocenters. The molecule has 0 aliphatic rings. The molecule has 0 aromatic heterocycles. The largest absolute Gasteiger partial charge is 0.0885 e. The molecule has 0 aromatic rings. The van der Waals surface area contributed by atoms with Crippen molar-refractivity contribution in [2.24, 2.45) is 0 Å². The first-order valence-corrected chi connectivity index (χ1v) is 5.34. The lowest BCUT2D eigenvalue weighted by molar-refractivity contribution is 0.859. The highest BCUT2D eigenvalue weighted by Gasteiger charge is 1.79. The lowest BCUT2D eigenvalue weighted by atomic mass is 10.2. The molecule has 0 aliphatic carbocycles. The van der Waals surface area contributed by atoms with Crippen LogP contribution in [0.15, 0.2) is 36.5 Å². The zero-order valence-corrected chi connectivity index (χ0v) is 9.00. The molecular weight excluding hydrogens is 156 g/mol. The predicted molar refractivity (Wildman–Crippen MR) is 61.9 cm³/mol. The van der Waals surface area contributed by atoms with Crippen molar-refractivity contribution in [1.82, 2.24) is 0 Å². The molecule has 0 bridgehead atoms. The predicted octanol–water partition coefficient (Wildman–Crippen LogP) is 4.65. The molecule has 0 aliphatic heterocycles. The van der Waals surface area contributed by atoms with Crippen LogP contribution in [0, 0.1) is 0 Å². The van der Waals surface area contributed by atoms with Gasteiger partial charge in [-0.1, -0.05) is 49.8 Å². The Kier molecular flexibility index (Phi) is 10.5. The van der Waals surface area contributed by atoms with Gasteiger partial charge in [-0.15, -0.1) is 0 Å². The van der Waals surface area contributed by atoms with E-state index in [-0.39, 0.29) is 0 Å². The third-order valence-electron chi connectivity index (χ3n) is 1.80. The number of hydrogen-bond donors (Lipinski definition) is 0. The van der Waals surface area contributed by atoms with Crippen molar-refractivity contribution in [3.63, 3.8) is 0 Å². The summed E-state index contributed by atoms with van der Waals surface area (Å²) in [5, 5.41) is 0. The molecule has 0 nitrogen and oxygen atoms in total. The van der Waals surface area contributed by atoms with Crippen LogP contribution in [0.5, 0.6) is 0 Å². The van der Waals surface area contributed by atoms with Crippen LogP contribution in [-0.2, 0) is 0 Å². The van der Waals surface area contributed by atoms with Gasteiger partial charge in [0.15, 0.2) is 0 Å². The lowest BCUT2D eigenvalue weighted by Gasteiger charge is -1.89. The SMILES string of the molecule is C/C=C/C=C/CCC/C=C/CCC. The van der Waals surface area contributed by atoms with Gasteiger partial charge < -0.3 is 0 Å². The highest BCUT2D eigenvalue weighted by molar-refractivity contribution is 5.00. The Balaban J connectivity index is 3.16. The fraction of sp³-hybridized carbons (Fsp3) is 0.538. The summed E-state index contributed by atoms with van der Waals surface area (Å²) < 4.78 is 0. The summed E-state index contributed by atoms with van der Waals surface area (Å²) in [5.74, 6) is 0. The van der Waals surface area contributed by atoms with Gasteiger partial charge in [0.2, 0.25) is 0 Å². The molecule has 0 fully saturated rings. The molecule has 0 amide bonds. The van der Waals surface area contributed by atoms with Crippen LogP contribution >= 0.6 is 0 Å². The van der Waals surface area contributed by atoms with Crippen LogP contribution in [0.1, 0.15) is 46.0 Å². The normalized spacial score (nSPS) is 12.5. The van der Waals surface area contributed by atoms with Crippen LogP contribution in [0.2, 0.25) is 0 Å². The maximum atomic E-state index is 2.30. The van der Waals surface area contributed by atoms with E-state index in [9.17, 15) is 0 Å². The Bertz CT molecular complexity index is 161. The van der Waals surface area contributed by atoms with Crippen molar-refractivity contribution in [3.8, 4) is 0 Å². The maximum Gasteiger partial charge on any atom is -0.0345 e. The molecule has 0 radical (unpaired) electrons. The molecule has 0 heteroatoms. The molecule has 0 saturated carbocycles.